The van der Waals surface area contributed by atoms with Crippen molar-refractivity contribution in [2.75, 3.05) is 19.8 Å². The summed E-state index contributed by atoms with van der Waals surface area (Å²) in [5.74, 6) is -2.08. The van der Waals surface area contributed by atoms with Gasteiger partial charge in [-0.15, -0.1) is 18.3 Å². The lowest BCUT2D eigenvalue weighted by Gasteiger charge is -2.41. The van der Waals surface area contributed by atoms with Crippen LogP contribution in [-0.4, -0.2) is 79.4 Å². The van der Waals surface area contributed by atoms with Crippen molar-refractivity contribution in [3.05, 3.63) is 48.6 Å². The second kappa shape index (κ2) is 11.5. The van der Waals surface area contributed by atoms with E-state index in [1.165, 1.54) is 0 Å². The molecule has 0 aromatic heterocycles. The highest BCUT2D eigenvalue weighted by molar-refractivity contribution is 9.09. The summed E-state index contributed by atoms with van der Waals surface area (Å²) in [6.45, 7) is 10.3. The van der Waals surface area contributed by atoms with Crippen molar-refractivity contribution >= 4 is 45.5 Å². The Labute approximate surface area is 232 Å². The van der Waals surface area contributed by atoms with E-state index in [4.69, 9.17) is 4.74 Å². The molecule has 3 saturated heterocycles. The standard InChI is InChI=1S/C28H37BrN2O5S/c1-5-13-30(15-18-11-9-8-10-12-18)26(34)24-28-14-19(29)23(37-28)21(27(35)36-7-3)22(28)25(33)31(24)20(16-32)17(4)6-2/h5,8-12,17,19-24,32H,1,6-7,13-16H2,2-4H3/t17-,19?,20-,21-,22-,23-,24?,28?/m0/s1. The van der Waals surface area contributed by atoms with Gasteiger partial charge >= 0.3 is 5.97 Å². The molecule has 1 aromatic carbocycles. The summed E-state index contributed by atoms with van der Waals surface area (Å²) >= 11 is 5.36. The number of aliphatic hydroxyl groups is 1. The number of thioether (sulfide) groups is 1. The number of alkyl halides is 1. The molecule has 0 aliphatic carbocycles. The number of aliphatic hydroxyl groups excluding tert-OH is 1. The first kappa shape index (κ1) is 28.2. The minimum atomic E-state index is -0.797. The van der Waals surface area contributed by atoms with Crippen LogP contribution in [0.25, 0.3) is 0 Å². The quantitative estimate of drug-likeness (QED) is 0.240. The number of benzene rings is 1. The molecular weight excluding hydrogens is 556 g/mol. The number of hydrogen-bond donors (Lipinski definition) is 1. The number of halogens is 1. The Morgan fingerprint density at radius 1 is 1.35 bits per heavy atom. The molecule has 3 aliphatic heterocycles. The Bertz CT molecular complexity index is 1030. The number of ether oxygens (including phenoxy) is 1. The predicted octanol–water partition coefficient (Wildman–Crippen LogP) is 3.64. The van der Waals surface area contributed by atoms with E-state index >= 15 is 0 Å². The van der Waals surface area contributed by atoms with Crippen molar-refractivity contribution in [3.8, 4) is 0 Å². The Kier molecular flexibility index (Phi) is 8.75. The zero-order chi connectivity index (χ0) is 26.9. The molecule has 3 fully saturated rings. The van der Waals surface area contributed by atoms with Gasteiger partial charge in [0.2, 0.25) is 11.8 Å². The Morgan fingerprint density at radius 2 is 2.05 bits per heavy atom. The van der Waals surface area contributed by atoms with E-state index in [9.17, 15) is 19.5 Å². The second-order valence-corrected chi connectivity index (χ2v) is 13.0. The van der Waals surface area contributed by atoms with Crippen molar-refractivity contribution in [2.45, 2.75) is 67.1 Å². The maximum absolute atomic E-state index is 14.5. The van der Waals surface area contributed by atoms with Gasteiger partial charge in [0.1, 0.15) is 6.04 Å². The molecule has 2 bridgehead atoms. The van der Waals surface area contributed by atoms with Gasteiger partial charge in [0.25, 0.3) is 0 Å². The van der Waals surface area contributed by atoms with Crippen LogP contribution in [0.2, 0.25) is 0 Å². The minimum absolute atomic E-state index is 0.0236. The lowest BCUT2D eigenvalue weighted by Crippen LogP contribution is -2.58. The molecule has 202 valence electrons. The van der Waals surface area contributed by atoms with E-state index < -0.39 is 28.7 Å². The van der Waals surface area contributed by atoms with Crippen LogP contribution in [0.1, 0.15) is 39.2 Å². The van der Waals surface area contributed by atoms with Gasteiger partial charge in [0, 0.05) is 23.2 Å². The summed E-state index contributed by atoms with van der Waals surface area (Å²) < 4.78 is 4.65. The third-order valence-corrected chi connectivity index (χ3v) is 11.5. The Hall–Kier alpha value is -1.84. The highest BCUT2D eigenvalue weighted by atomic mass is 79.9. The molecule has 2 amide bonds. The van der Waals surface area contributed by atoms with Crippen LogP contribution >= 0.6 is 27.7 Å². The fourth-order valence-corrected chi connectivity index (χ4v) is 9.97. The number of nitrogens with zero attached hydrogens (tertiary/aromatic N) is 2. The first-order valence-electron chi connectivity index (χ1n) is 13.1. The van der Waals surface area contributed by atoms with E-state index in [2.05, 4.69) is 22.5 Å². The lowest BCUT2D eigenvalue weighted by atomic mass is 9.71. The number of esters is 1. The molecule has 1 aromatic rings. The summed E-state index contributed by atoms with van der Waals surface area (Å²) in [5, 5.41) is 10.3. The smallest absolute Gasteiger partial charge is 0.310 e. The van der Waals surface area contributed by atoms with Gasteiger partial charge in [0.15, 0.2) is 0 Å². The van der Waals surface area contributed by atoms with Gasteiger partial charge in [0.05, 0.1) is 35.8 Å². The minimum Gasteiger partial charge on any atom is -0.466 e. The fraction of sp³-hybridized carbons (Fsp3) is 0.607. The SMILES string of the molecule is C=CCN(Cc1ccccc1)C(=O)C1N([C@@H](CO)[C@@H](C)CC)C(=O)[C@@H]2[C@H](C(=O)OCC)[C@H]3SC12CC3Br. The Balaban J connectivity index is 1.81. The molecule has 3 aliphatic rings. The molecule has 3 heterocycles. The molecule has 1 N–H and O–H groups in total. The first-order valence-corrected chi connectivity index (χ1v) is 14.9. The number of amides is 2. The van der Waals surface area contributed by atoms with Crippen molar-refractivity contribution in [1.82, 2.24) is 9.80 Å². The van der Waals surface area contributed by atoms with E-state index in [1.807, 2.05) is 44.2 Å². The normalized spacial score (nSPS) is 31.6. The third-order valence-electron chi connectivity index (χ3n) is 8.24. The van der Waals surface area contributed by atoms with Crippen LogP contribution in [0.15, 0.2) is 43.0 Å². The highest BCUT2D eigenvalue weighted by Gasteiger charge is 2.76. The van der Waals surface area contributed by atoms with Gasteiger partial charge in [-0.2, -0.15) is 0 Å². The maximum Gasteiger partial charge on any atom is 0.310 e. The van der Waals surface area contributed by atoms with Crippen molar-refractivity contribution in [2.24, 2.45) is 17.8 Å². The molecular formula is C28H37BrN2O5S. The lowest BCUT2D eigenvalue weighted by molar-refractivity contribution is -0.154. The monoisotopic (exact) mass is 592 g/mol. The Morgan fingerprint density at radius 3 is 2.65 bits per heavy atom. The summed E-state index contributed by atoms with van der Waals surface area (Å²) in [6, 6.07) is 8.42. The van der Waals surface area contributed by atoms with Crippen LogP contribution in [-0.2, 0) is 25.7 Å². The molecule has 37 heavy (non-hydrogen) atoms. The largest absolute Gasteiger partial charge is 0.466 e. The maximum atomic E-state index is 14.5. The number of carbonyl (C=O) groups is 3. The van der Waals surface area contributed by atoms with Crippen LogP contribution in [0.5, 0.6) is 0 Å². The highest BCUT2D eigenvalue weighted by Crippen LogP contribution is 2.68. The summed E-state index contributed by atoms with van der Waals surface area (Å²) in [5.41, 5.74) is 0.981. The van der Waals surface area contributed by atoms with E-state index in [0.29, 0.717) is 19.5 Å². The van der Waals surface area contributed by atoms with Crippen LogP contribution < -0.4 is 0 Å². The van der Waals surface area contributed by atoms with Crippen LogP contribution in [0, 0.1) is 17.8 Å². The molecule has 0 radical (unpaired) electrons. The average molecular weight is 594 g/mol. The van der Waals surface area contributed by atoms with Gasteiger partial charge in [-0.25, -0.2) is 0 Å². The second-order valence-electron chi connectivity index (χ2n) is 10.3. The van der Waals surface area contributed by atoms with E-state index in [0.717, 1.165) is 12.0 Å². The van der Waals surface area contributed by atoms with Gasteiger partial charge in [-0.1, -0.05) is 72.6 Å². The predicted molar refractivity (Wildman–Crippen MR) is 148 cm³/mol. The molecule has 3 unspecified atom stereocenters. The number of rotatable bonds is 11. The fourth-order valence-electron chi connectivity index (χ4n) is 6.39. The summed E-state index contributed by atoms with van der Waals surface area (Å²) in [6.07, 6.45) is 3.03. The number of hydrogen-bond acceptors (Lipinski definition) is 6. The summed E-state index contributed by atoms with van der Waals surface area (Å²) in [4.78, 5) is 45.3. The van der Waals surface area contributed by atoms with Crippen LogP contribution in [0.4, 0.5) is 0 Å². The van der Waals surface area contributed by atoms with Gasteiger partial charge < -0.3 is 19.6 Å². The number of likely N-dealkylation sites (tertiary alicyclic amines) is 1. The number of fused-ring (bicyclic) bond motifs is 1. The zero-order valence-corrected chi connectivity index (χ0v) is 24.1. The molecule has 0 saturated carbocycles. The topological polar surface area (TPSA) is 87.2 Å². The average Bonchev–Trinajstić information content (AvgIpc) is 3.48. The summed E-state index contributed by atoms with van der Waals surface area (Å²) in [7, 11) is 0. The van der Waals surface area contributed by atoms with Gasteiger partial charge in [-0.3, -0.25) is 14.4 Å². The van der Waals surface area contributed by atoms with Crippen LogP contribution in [0.3, 0.4) is 0 Å². The molecule has 7 nitrogen and oxygen atoms in total. The molecule has 4 rings (SSSR count). The van der Waals surface area contributed by atoms with E-state index in [-0.39, 0.29) is 47.0 Å². The number of carbonyl (C=O) groups excluding carboxylic acids is 3. The molecule has 8 atom stereocenters. The van der Waals surface area contributed by atoms with E-state index in [1.54, 1.807) is 34.6 Å². The van der Waals surface area contributed by atoms with Crippen molar-refractivity contribution < 1.29 is 24.2 Å². The van der Waals surface area contributed by atoms with Crippen molar-refractivity contribution in [3.63, 3.8) is 0 Å². The van der Waals surface area contributed by atoms with Crippen molar-refractivity contribution in [1.29, 1.82) is 0 Å². The molecule has 1 spiro atoms. The first-order chi connectivity index (χ1) is 17.7. The molecule has 9 heteroatoms. The van der Waals surface area contributed by atoms with Gasteiger partial charge in [-0.05, 0) is 24.8 Å². The zero-order valence-electron chi connectivity index (χ0n) is 21.7. The third kappa shape index (κ3) is 4.76.